The van der Waals surface area contributed by atoms with Gasteiger partial charge in [-0.3, -0.25) is 4.52 Å². The van der Waals surface area contributed by atoms with Crippen LogP contribution >= 0.6 is 7.82 Å². The summed E-state index contributed by atoms with van der Waals surface area (Å²) in [5.74, 6) is 0. The van der Waals surface area contributed by atoms with E-state index in [4.69, 9.17) is 4.89 Å². The van der Waals surface area contributed by atoms with Gasteiger partial charge in [-0.2, -0.15) is 0 Å². The molecule has 0 spiro atoms. The van der Waals surface area contributed by atoms with E-state index in [2.05, 4.69) is 9.25 Å². The van der Waals surface area contributed by atoms with Gasteiger partial charge in [0.05, 0.1) is 6.61 Å². The van der Waals surface area contributed by atoms with Crippen molar-refractivity contribution in [3.63, 3.8) is 0 Å². The number of hydrogen-bond acceptors (Lipinski definition) is 3. The Kier molecular flexibility index (Phi) is 3.97. The van der Waals surface area contributed by atoms with Crippen molar-refractivity contribution >= 4 is 7.82 Å². The second-order valence-electron chi connectivity index (χ2n) is 1.37. The van der Waals surface area contributed by atoms with Gasteiger partial charge < -0.3 is 4.89 Å². The first-order valence-corrected chi connectivity index (χ1v) is 3.89. The summed E-state index contributed by atoms with van der Waals surface area (Å²) in [4.78, 5) is 8.19. The van der Waals surface area contributed by atoms with Crippen molar-refractivity contribution < 1.29 is 23.2 Å². The molecule has 1 unspecified atom stereocenters. The van der Waals surface area contributed by atoms with Crippen LogP contribution in [0.15, 0.2) is 0 Å². The Morgan fingerprint density at radius 3 is 2.67 bits per heavy atom. The van der Waals surface area contributed by atoms with Gasteiger partial charge in [0.1, 0.15) is 0 Å². The van der Waals surface area contributed by atoms with E-state index in [1.54, 1.807) is 6.92 Å². The number of hydrogen-bond donors (Lipinski definition) is 1. The first kappa shape index (κ1) is 9.04. The molecule has 0 aliphatic rings. The van der Waals surface area contributed by atoms with Crippen molar-refractivity contribution in [3.05, 3.63) is 0 Å². The minimum atomic E-state index is -4.36. The van der Waals surface area contributed by atoms with Crippen LogP contribution in [0.25, 0.3) is 0 Å². The molecule has 0 bridgehead atoms. The maximum absolute atomic E-state index is 11.0. The van der Waals surface area contributed by atoms with Gasteiger partial charge in [-0.05, 0) is 10.9 Å². The molecular weight excluding hydrogens is 150 g/mol. The number of halogens is 1. The van der Waals surface area contributed by atoms with Crippen LogP contribution in [0.5, 0.6) is 0 Å². The summed E-state index contributed by atoms with van der Waals surface area (Å²) in [6, 6.07) is 0. The average Bonchev–Trinajstić information content (AvgIpc) is 1.84. The van der Waals surface area contributed by atoms with Crippen molar-refractivity contribution in [2.45, 2.75) is 13.3 Å². The van der Waals surface area contributed by atoms with E-state index < -0.39 is 7.82 Å². The van der Waals surface area contributed by atoms with Crippen molar-refractivity contribution in [1.82, 2.24) is 0 Å². The van der Waals surface area contributed by atoms with Crippen molar-refractivity contribution in [2.24, 2.45) is 0 Å². The first-order valence-electron chi connectivity index (χ1n) is 2.40. The summed E-state index contributed by atoms with van der Waals surface area (Å²) < 4.78 is 27.7. The van der Waals surface area contributed by atoms with E-state index in [9.17, 15) is 9.09 Å². The van der Waals surface area contributed by atoms with Crippen LogP contribution in [0.4, 0.5) is 4.53 Å². The van der Waals surface area contributed by atoms with Crippen molar-refractivity contribution in [2.75, 3.05) is 6.61 Å². The summed E-state index contributed by atoms with van der Waals surface area (Å²) in [7, 11) is -4.36. The predicted molar refractivity (Wildman–Crippen MR) is 28.3 cm³/mol. The third-order valence-electron chi connectivity index (χ3n) is 0.546. The lowest BCUT2D eigenvalue weighted by molar-refractivity contribution is -0.0477. The van der Waals surface area contributed by atoms with Crippen LogP contribution in [0.3, 0.4) is 0 Å². The zero-order valence-corrected chi connectivity index (χ0v) is 5.81. The molecule has 0 aromatic rings. The van der Waals surface area contributed by atoms with E-state index in [1.165, 1.54) is 0 Å². The molecule has 0 saturated carbocycles. The molecule has 0 rings (SSSR count). The van der Waals surface area contributed by atoms with Crippen LogP contribution in [0.2, 0.25) is 0 Å². The van der Waals surface area contributed by atoms with E-state index >= 15 is 0 Å². The van der Waals surface area contributed by atoms with E-state index in [1.807, 2.05) is 0 Å². The second kappa shape index (κ2) is 3.95. The van der Waals surface area contributed by atoms with Crippen molar-refractivity contribution in [3.8, 4) is 0 Å². The van der Waals surface area contributed by atoms with Gasteiger partial charge in [0.15, 0.2) is 0 Å². The molecule has 1 N–H and O–H groups in total. The van der Waals surface area contributed by atoms with Crippen LogP contribution in [-0.4, -0.2) is 11.5 Å². The smallest absolute Gasteiger partial charge is 0.301 e. The Bertz CT molecular complexity index is 116. The summed E-state index contributed by atoms with van der Waals surface area (Å²) in [5.41, 5.74) is 0. The number of rotatable bonds is 4. The van der Waals surface area contributed by atoms with Gasteiger partial charge in [-0.25, -0.2) is 4.57 Å². The molecule has 56 valence electrons. The Labute approximate surface area is 52.1 Å². The highest BCUT2D eigenvalue weighted by molar-refractivity contribution is 7.47. The van der Waals surface area contributed by atoms with Gasteiger partial charge in [0, 0.05) is 0 Å². The monoisotopic (exact) mass is 158 g/mol. The maximum atomic E-state index is 11.0. The lowest BCUT2D eigenvalue weighted by Gasteiger charge is -2.02. The summed E-state index contributed by atoms with van der Waals surface area (Å²) in [6.45, 7) is 1.73. The van der Waals surface area contributed by atoms with Gasteiger partial charge >= 0.3 is 7.82 Å². The first-order chi connectivity index (χ1) is 4.12. The minimum absolute atomic E-state index is 0.0116. The molecular formula is C3H8FO4P. The Morgan fingerprint density at radius 1 is 1.78 bits per heavy atom. The standard InChI is InChI=1S/C3H8FO4P/c1-2-3-7-9(5,6)8-4/h2-3H2,1H3,(H,5,6). The number of phosphoric ester groups is 1. The normalized spacial score (nSPS) is 17.2. The summed E-state index contributed by atoms with van der Waals surface area (Å²) in [5, 5.41) is 0. The van der Waals surface area contributed by atoms with Gasteiger partial charge in [-0.15, -0.1) is 0 Å². The van der Waals surface area contributed by atoms with Crippen LogP contribution < -0.4 is 0 Å². The molecule has 0 aliphatic carbocycles. The SMILES string of the molecule is CCCOP(=O)(O)OF. The molecule has 0 aliphatic heterocycles. The molecule has 9 heavy (non-hydrogen) atoms. The second-order valence-corrected chi connectivity index (χ2v) is 2.70. The molecule has 4 nitrogen and oxygen atoms in total. The highest BCUT2D eigenvalue weighted by Crippen LogP contribution is 2.43. The fourth-order valence-corrected chi connectivity index (χ4v) is 0.680. The largest absolute Gasteiger partial charge is 0.503 e. The highest BCUT2D eigenvalue weighted by Gasteiger charge is 2.20. The Morgan fingerprint density at radius 2 is 2.33 bits per heavy atom. The molecule has 0 saturated heterocycles. The lowest BCUT2D eigenvalue weighted by Crippen LogP contribution is -1.90. The quantitative estimate of drug-likeness (QED) is 0.628. The fraction of sp³-hybridized carbons (Fsp3) is 1.00. The molecule has 0 aromatic heterocycles. The molecule has 0 radical (unpaired) electrons. The lowest BCUT2D eigenvalue weighted by atomic mass is 10.5. The van der Waals surface area contributed by atoms with Crippen LogP contribution in [0, 0.1) is 0 Å². The zero-order chi connectivity index (χ0) is 7.33. The molecule has 1 atom stereocenters. The molecule has 0 fully saturated rings. The molecule has 0 heterocycles. The zero-order valence-electron chi connectivity index (χ0n) is 4.91. The van der Waals surface area contributed by atoms with E-state index in [0.29, 0.717) is 6.42 Å². The van der Waals surface area contributed by atoms with E-state index in [-0.39, 0.29) is 6.61 Å². The Balaban J connectivity index is 3.46. The van der Waals surface area contributed by atoms with Gasteiger partial charge in [-0.1, -0.05) is 11.7 Å². The summed E-state index contributed by atoms with van der Waals surface area (Å²) >= 11 is 0. The van der Waals surface area contributed by atoms with Crippen LogP contribution in [0.1, 0.15) is 13.3 Å². The highest BCUT2D eigenvalue weighted by atomic mass is 31.2. The maximum Gasteiger partial charge on any atom is 0.503 e. The van der Waals surface area contributed by atoms with Crippen LogP contribution in [-0.2, 0) is 13.8 Å². The fourth-order valence-electron chi connectivity index (χ4n) is 0.227. The van der Waals surface area contributed by atoms with E-state index in [0.717, 1.165) is 0 Å². The topological polar surface area (TPSA) is 55.8 Å². The Hall–Kier alpha value is 0.0400. The van der Waals surface area contributed by atoms with Gasteiger partial charge in [0.2, 0.25) is 0 Å². The molecule has 0 amide bonds. The summed E-state index contributed by atoms with van der Waals surface area (Å²) in [6.07, 6.45) is 0.536. The molecule has 6 heteroatoms. The number of phosphoric acid groups is 1. The predicted octanol–water partition coefficient (Wildman–Crippen LogP) is 1.41. The average molecular weight is 158 g/mol. The minimum Gasteiger partial charge on any atom is -0.301 e. The third-order valence-corrected chi connectivity index (χ3v) is 1.23. The third kappa shape index (κ3) is 4.54. The van der Waals surface area contributed by atoms with Crippen molar-refractivity contribution in [1.29, 1.82) is 0 Å². The van der Waals surface area contributed by atoms with Gasteiger partial charge in [0.25, 0.3) is 0 Å². The molecule has 0 aromatic carbocycles.